The van der Waals surface area contributed by atoms with Crippen LogP contribution in [0.5, 0.6) is 0 Å². The highest BCUT2D eigenvalue weighted by Gasteiger charge is 2.38. The molecule has 7 heteroatoms. The van der Waals surface area contributed by atoms with Crippen molar-refractivity contribution in [3.8, 4) is 11.1 Å². The van der Waals surface area contributed by atoms with Crippen LogP contribution in [0.2, 0.25) is 0 Å². The van der Waals surface area contributed by atoms with Gasteiger partial charge in [-0.1, -0.05) is 48.8 Å². The lowest BCUT2D eigenvalue weighted by Crippen LogP contribution is -2.36. The number of allylic oxidation sites excluding steroid dienone is 2. The van der Waals surface area contributed by atoms with E-state index < -0.39 is 23.8 Å². The number of benzene rings is 1. The van der Waals surface area contributed by atoms with Gasteiger partial charge in [-0.2, -0.15) is 0 Å². The second-order valence-electron chi connectivity index (χ2n) is 8.88. The largest absolute Gasteiger partial charge is 0.481 e. The molecule has 0 spiro atoms. The molecule has 182 valence electrons. The Morgan fingerprint density at radius 3 is 2.29 bits per heavy atom. The standard InChI is InChI=1S/C27H33NO5S/c1-5-7-8-18-9-11-19(12-10-18)22-15-34-25(23(22)27(32)33-6-2)28-24(29)20-13-16(3)17(4)14-21(20)26(30)31/h9-12,15,20-21H,5-8,13-14H2,1-4H3,(H,28,29)(H,30,31)/t20-,21-/m1/s1. The van der Waals surface area contributed by atoms with Gasteiger partial charge < -0.3 is 15.2 Å². The number of unbranched alkanes of at least 4 members (excludes halogenated alkanes) is 1. The molecule has 0 unspecified atom stereocenters. The van der Waals surface area contributed by atoms with Crippen LogP contribution in [0.15, 0.2) is 40.8 Å². The number of hydrogen-bond donors (Lipinski definition) is 2. The van der Waals surface area contributed by atoms with E-state index in [9.17, 15) is 19.5 Å². The number of carboxylic acid groups (broad SMARTS) is 1. The van der Waals surface area contributed by atoms with E-state index in [1.54, 1.807) is 6.92 Å². The third kappa shape index (κ3) is 5.76. The fourth-order valence-electron chi connectivity index (χ4n) is 4.33. The van der Waals surface area contributed by atoms with E-state index in [0.717, 1.165) is 36.0 Å². The first-order valence-electron chi connectivity index (χ1n) is 11.8. The number of carbonyl (C=O) groups is 3. The highest BCUT2D eigenvalue weighted by molar-refractivity contribution is 7.15. The number of thiophene rings is 1. The average Bonchev–Trinajstić information content (AvgIpc) is 3.23. The molecule has 2 aromatic rings. The molecule has 0 aliphatic heterocycles. The summed E-state index contributed by atoms with van der Waals surface area (Å²) in [6.07, 6.45) is 3.99. The third-order valence-electron chi connectivity index (χ3n) is 6.51. The minimum Gasteiger partial charge on any atom is -0.481 e. The lowest BCUT2D eigenvalue weighted by atomic mass is 9.76. The van der Waals surface area contributed by atoms with Crippen LogP contribution < -0.4 is 5.32 Å². The van der Waals surface area contributed by atoms with Crippen LogP contribution in [-0.2, 0) is 20.7 Å². The van der Waals surface area contributed by atoms with Crippen molar-refractivity contribution in [3.05, 3.63) is 51.9 Å². The number of hydrogen-bond acceptors (Lipinski definition) is 5. The minimum absolute atomic E-state index is 0.213. The van der Waals surface area contributed by atoms with Crippen molar-refractivity contribution in [2.45, 2.75) is 59.8 Å². The quantitative estimate of drug-likeness (QED) is 0.322. The minimum atomic E-state index is -0.979. The SMILES string of the molecule is CCCCc1ccc(-c2csc(NC(=O)[C@@H]3CC(C)=C(C)C[C@H]3C(=O)O)c2C(=O)OCC)cc1. The first-order chi connectivity index (χ1) is 16.3. The highest BCUT2D eigenvalue weighted by atomic mass is 32.1. The zero-order valence-electron chi connectivity index (χ0n) is 20.3. The molecule has 2 atom stereocenters. The van der Waals surface area contributed by atoms with E-state index >= 15 is 0 Å². The molecule has 0 saturated carbocycles. The maximum Gasteiger partial charge on any atom is 0.341 e. The maximum absolute atomic E-state index is 13.2. The molecule has 34 heavy (non-hydrogen) atoms. The molecule has 0 radical (unpaired) electrons. The number of carbonyl (C=O) groups excluding carboxylic acids is 2. The van der Waals surface area contributed by atoms with Crippen molar-refractivity contribution in [1.29, 1.82) is 0 Å². The molecule has 6 nitrogen and oxygen atoms in total. The van der Waals surface area contributed by atoms with Crippen LogP contribution in [0.1, 0.15) is 69.3 Å². The maximum atomic E-state index is 13.2. The number of aryl methyl sites for hydroxylation is 1. The van der Waals surface area contributed by atoms with Crippen molar-refractivity contribution in [1.82, 2.24) is 0 Å². The van der Waals surface area contributed by atoms with E-state index in [0.29, 0.717) is 29.0 Å². The third-order valence-corrected chi connectivity index (χ3v) is 7.41. The van der Waals surface area contributed by atoms with E-state index in [2.05, 4.69) is 24.4 Å². The molecule has 0 bridgehead atoms. The summed E-state index contributed by atoms with van der Waals surface area (Å²) in [7, 11) is 0. The number of carboxylic acids is 1. The number of aliphatic carboxylic acids is 1. The van der Waals surface area contributed by atoms with Gasteiger partial charge >= 0.3 is 11.9 Å². The second kappa shape index (κ2) is 11.5. The number of rotatable bonds is 9. The molecule has 1 aromatic carbocycles. The van der Waals surface area contributed by atoms with Gasteiger partial charge in [-0.05, 0) is 57.6 Å². The summed E-state index contributed by atoms with van der Waals surface area (Å²) in [5.41, 5.74) is 5.18. The van der Waals surface area contributed by atoms with Crippen LogP contribution in [0.3, 0.4) is 0 Å². The topological polar surface area (TPSA) is 92.7 Å². The van der Waals surface area contributed by atoms with Gasteiger partial charge in [0, 0.05) is 10.9 Å². The van der Waals surface area contributed by atoms with E-state index in [-0.39, 0.29) is 12.5 Å². The van der Waals surface area contributed by atoms with E-state index in [4.69, 9.17) is 4.74 Å². The fraction of sp³-hybridized carbons (Fsp3) is 0.444. The highest BCUT2D eigenvalue weighted by Crippen LogP contribution is 2.39. The van der Waals surface area contributed by atoms with Gasteiger partial charge in [0.2, 0.25) is 5.91 Å². The van der Waals surface area contributed by atoms with Crippen molar-refractivity contribution >= 4 is 34.2 Å². The zero-order chi connectivity index (χ0) is 24.8. The van der Waals surface area contributed by atoms with Crippen LogP contribution in [-0.4, -0.2) is 29.6 Å². The van der Waals surface area contributed by atoms with Gasteiger partial charge in [0.15, 0.2) is 0 Å². The lowest BCUT2D eigenvalue weighted by molar-refractivity contribution is -0.146. The normalized spacial score (nSPS) is 18.0. The molecule has 1 amide bonds. The molecule has 0 fully saturated rings. The Bertz CT molecular complexity index is 1080. The monoisotopic (exact) mass is 483 g/mol. The van der Waals surface area contributed by atoms with Crippen molar-refractivity contribution in [3.63, 3.8) is 0 Å². The predicted octanol–water partition coefficient (Wildman–Crippen LogP) is 6.32. The van der Waals surface area contributed by atoms with Crippen molar-refractivity contribution in [2.75, 3.05) is 11.9 Å². The molecule has 1 heterocycles. The van der Waals surface area contributed by atoms with Gasteiger partial charge in [0.05, 0.1) is 18.4 Å². The summed E-state index contributed by atoms with van der Waals surface area (Å²) in [4.78, 5) is 37.9. The van der Waals surface area contributed by atoms with Crippen LogP contribution in [0.4, 0.5) is 5.00 Å². The molecule has 2 N–H and O–H groups in total. The molecule has 3 rings (SSSR count). The lowest BCUT2D eigenvalue weighted by Gasteiger charge is -2.29. The Kier molecular flexibility index (Phi) is 8.67. The Labute approximate surface area is 205 Å². The van der Waals surface area contributed by atoms with Crippen LogP contribution >= 0.6 is 11.3 Å². The van der Waals surface area contributed by atoms with Gasteiger partial charge in [-0.3, -0.25) is 9.59 Å². The van der Waals surface area contributed by atoms with Gasteiger partial charge in [-0.15, -0.1) is 11.3 Å². The van der Waals surface area contributed by atoms with Crippen molar-refractivity contribution in [2.24, 2.45) is 11.8 Å². The number of ether oxygens (including phenoxy) is 1. The summed E-state index contributed by atoms with van der Waals surface area (Å²) in [6.45, 7) is 7.96. The van der Waals surface area contributed by atoms with E-state index in [1.165, 1.54) is 16.9 Å². The number of anilines is 1. The first kappa shape index (κ1) is 25.7. The Morgan fingerprint density at radius 2 is 1.71 bits per heavy atom. The zero-order valence-corrected chi connectivity index (χ0v) is 21.1. The van der Waals surface area contributed by atoms with Gasteiger partial charge in [-0.25, -0.2) is 4.79 Å². The number of amides is 1. The van der Waals surface area contributed by atoms with E-state index in [1.807, 2.05) is 31.4 Å². The fourth-order valence-corrected chi connectivity index (χ4v) is 5.29. The Hall–Kier alpha value is -2.93. The molecule has 1 aliphatic carbocycles. The second-order valence-corrected chi connectivity index (χ2v) is 9.76. The molecule has 0 saturated heterocycles. The Morgan fingerprint density at radius 1 is 1.06 bits per heavy atom. The molecular formula is C27H33NO5S. The van der Waals surface area contributed by atoms with Crippen LogP contribution in [0.25, 0.3) is 11.1 Å². The summed E-state index contributed by atoms with van der Waals surface area (Å²) in [6, 6.07) is 8.10. The van der Waals surface area contributed by atoms with Gasteiger partial charge in [0.25, 0.3) is 0 Å². The molecule has 1 aromatic heterocycles. The number of esters is 1. The molecular weight excluding hydrogens is 450 g/mol. The summed E-state index contributed by atoms with van der Waals surface area (Å²) >= 11 is 1.25. The predicted molar refractivity (Wildman–Crippen MR) is 135 cm³/mol. The Balaban J connectivity index is 1.91. The van der Waals surface area contributed by atoms with Crippen LogP contribution in [0, 0.1) is 11.8 Å². The van der Waals surface area contributed by atoms with Gasteiger partial charge in [0.1, 0.15) is 10.6 Å². The smallest absolute Gasteiger partial charge is 0.341 e. The van der Waals surface area contributed by atoms with Crippen molar-refractivity contribution < 1.29 is 24.2 Å². The number of nitrogens with one attached hydrogen (secondary N) is 1. The molecule has 1 aliphatic rings. The summed E-state index contributed by atoms with van der Waals surface area (Å²) < 4.78 is 5.30. The average molecular weight is 484 g/mol. The first-order valence-corrected chi connectivity index (χ1v) is 12.7. The summed E-state index contributed by atoms with van der Waals surface area (Å²) in [5.74, 6) is -3.35. The summed E-state index contributed by atoms with van der Waals surface area (Å²) in [5, 5.41) is 14.8.